The highest BCUT2D eigenvalue weighted by Gasteiger charge is 2.43. The molecule has 1 heterocycles. The Kier molecular flexibility index (Phi) is 5.06. The molecule has 6 heteroatoms. The number of likely N-dealkylation sites (tertiary alicyclic amines) is 1. The zero-order chi connectivity index (χ0) is 14.4. The molecule has 0 aliphatic carbocycles. The van der Waals surface area contributed by atoms with Gasteiger partial charge in [-0.25, -0.2) is 4.39 Å². The summed E-state index contributed by atoms with van der Waals surface area (Å²) in [6.45, 7) is 5.84. The molecular weight excluding hydrogens is 302 g/mol. The Hall–Kier alpha value is -0.840. The fourth-order valence-corrected chi connectivity index (χ4v) is 2.76. The first-order valence-corrected chi connectivity index (χ1v) is 6.62. The van der Waals surface area contributed by atoms with Gasteiger partial charge in [-0.15, -0.1) is 12.4 Å². The molecule has 0 unspecified atom stereocenters. The zero-order valence-corrected chi connectivity index (χ0v) is 13.3. The summed E-state index contributed by atoms with van der Waals surface area (Å²) >= 11 is 5.69. The second-order valence-corrected chi connectivity index (χ2v) is 6.33. The van der Waals surface area contributed by atoms with Crippen molar-refractivity contribution in [1.29, 1.82) is 0 Å². The van der Waals surface area contributed by atoms with Crippen LogP contribution in [0.3, 0.4) is 0 Å². The molecule has 0 saturated carbocycles. The number of amides is 1. The second kappa shape index (κ2) is 5.88. The van der Waals surface area contributed by atoms with Crippen molar-refractivity contribution in [1.82, 2.24) is 4.90 Å². The molecule has 2 rings (SSSR count). The number of rotatable bonds is 1. The van der Waals surface area contributed by atoms with Crippen LogP contribution in [0.1, 0.15) is 38.8 Å². The lowest BCUT2D eigenvalue weighted by Crippen LogP contribution is -2.45. The lowest BCUT2D eigenvalue weighted by Gasteiger charge is -2.38. The van der Waals surface area contributed by atoms with Gasteiger partial charge in [0.15, 0.2) is 0 Å². The monoisotopic (exact) mass is 320 g/mol. The standard InChI is InChI=1S/C14H18ClFN2O.ClH/c1-14(2,3)18-12(19)7-11(17)13(18)8-4-5-9(15)10(16)6-8;/h4-6,11,13H,7,17H2,1-3H3;1H/t11-,13+;/m0./s1. The minimum absolute atomic E-state index is 0. The van der Waals surface area contributed by atoms with Gasteiger partial charge in [-0.3, -0.25) is 4.79 Å². The van der Waals surface area contributed by atoms with Crippen molar-refractivity contribution in [2.24, 2.45) is 5.73 Å². The number of halogens is 3. The van der Waals surface area contributed by atoms with Crippen LogP contribution >= 0.6 is 24.0 Å². The minimum atomic E-state index is -0.487. The van der Waals surface area contributed by atoms with E-state index in [0.29, 0.717) is 5.56 Å². The number of hydrogen-bond donors (Lipinski definition) is 1. The molecule has 112 valence electrons. The van der Waals surface area contributed by atoms with Crippen LogP contribution in [0.2, 0.25) is 5.02 Å². The number of hydrogen-bond acceptors (Lipinski definition) is 2. The quantitative estimate of drug-likeness (QED) is 0.863. The van der Waals surface area contributed by atoms with E-state index in [9.17, 15) is 9.18 Å². The molecule has 1 aliphatic heterocycles. The molecule has 2 atom stereocenters. The number of carbonyl (C=O) groups is 1. The molecule has 1 saturated heterocycles. The molecule has 0 aromatic heterocycles. The maximum absolute atomic E-state index is 13.6. The van der Waals surface area contributed by atoms with Gasteiger partial charge in [-0.05, 0) is 38.5 Å². The van der Waals surface area contributed by atoms with Crippen molar-refractivity contribution in [3.63, 3.8) is 0 Å². The van der Waals surface area contributed by atoms with Crippen LogP contribution in [0.25, 0.3) is 0 Å². The smallest absolute Gasteiger partial charge is 0.225 e. The van der Waals surface area contributed by atoms with Crippen molar-refractivity contribution in [2.45, 2.75) is 44.8 Å². The predicted octanol–water partition coefficient (Wildman–Crippen LogP) is 3.30. The first-order valence-electron chi connectivity index (χ1n) is 6.24. The first-order chi connectivity index (χ1) is 8.71. The molecule has 0 spiro atoms. The van der Waals surface area contributed by atoms with Crippen molar-refractivity contribution in [3.05, 3.63) is 34.6 Å². The van der Waals surface area contributed by atoms with Crippen molar-refractivity contribution < 1.29 is 9.18 Å². The van der Waals surface area contributed by atoms with Gasteiger partial charge in [-0.1, -0.05) is 17.7 Å². The normalized spacial score (nSPS) is 22.9. The largest absolute Gasteiger partial charge is 0.329 e. The average molecular weight is 321 g/mol. The van der Waals surface area contributed by atoms with E-state index in [4.69, 9.17) is 17.3 Å². The highest BCUT2D eigenvalue weighted by atomic mass is 35.5. The Balaban J connectivity index is 0.00000200. The molecule has 1 amide bonds. The average Bonchev–Trinajstić information content (AvgIpc) is 2.57. The van der Waals surface area contributed by atoms with Gasteiger partial charge in [0.05, 0.1) is 11.1 Å². The lowest BCUT2D eigenvalue weighted by molar-refractivity contribution is -0.133. The fourth-order valence-electron chi connectivity index (χ4n) is 2.64. The summed E-state index contributed by atoms with van der Waals surface area (Å²) in [4.78, 5) is 13.8. The molecule has 1 aliphatic rings. The lowest BCUT2D eigenvalue weighted by atomic mass is 9.97. The van der Waals surface area contributed by atoms with Gasteiger partial charge in [0.25, 0.3) is 0 Å². The van der Waals surface area contributed by atoms with Crippen LogP contribution in [-0.2, 0) is 4.79 Å². The Morgan fingerprint density at radius 3 is 2.50 bits per heavy atom. The van der Waals surface area contributed by atoms with E-state index >= 15 is 0 Å². The van der Waals surface area contributed by atoms with E-state index in [1.54, 1.807) is 11.0 Å². The molecular formula is C14H19Cl2FN2O. The van der Waals surface area contributed by atoms with E-state index in [2.05, 4.69) is 0 Å². The molecule has 1 aromatic rings. The summed E-state index contributed by atoms with van der Waals surface area (Å²) in [5, 5.41) is 0.0731. The Morgan fingerprint density at radius 2 is 2.00 bits per heavy atom. The number of benzene rings is 1. The maximum Gasteiger partial charge on any atom is 0.225 e. The Morgan fingerprint density at radius 1 is 1.40 bits per heavy atom. The van der Waals surface area contributed by atoms with Crippen molar-refractivity contribution >= 4 is 29.9 Å². The zero-order valence-electron chi connectivity index (χ0n) is 11.7. The van der Waals surface area contributed by atoms with Crippen LogP contribution < -0.4 is 5.73 Å². The van der Waals surface area contributed by atoms with Crippen molar-refractivity contribution in [3.8, 4) is 0 Å². The van der Waals surface area contributed by atoms with Crippen LogP contribution in [0, 0.1) is 5.82 Å². The van der Waals surface area contributed by atoms with E-state index in [1.807, 2.05) is 20.8 Å². The third-order valence-electron chi connectivity index (χ3n) is 3.37. The van der Waals surface area contributed by atoms with E-state index < -0.39 is 5.82 Å². The molecule has 2 N–H and O–H groups in total. The van der Waals surface area contributed by atoms with E-state index in [-0.39, 0.29) is 47.4 Å². The van der Waals surface area contributed by atoms with Gasteiger partial charge in [0.1, 0.15) is 5.82 Å². The van der Waals surface area contributed by atoms with Gasteiger partial charge in [0, 0.05) is 18.0 Å². The fraction of sp³-hybridized carbons (Fsp3) is 0.500. The molecule has 1 fully saturated rings. The van der Waals surface area contributed by atoms with Crippen molar-refractivity contribution in [2.75, 3.05) is 0 Å². The highest BCUT2D eigenvalue weighted by molar-refractivity contribution is 6.30. The van der Waals surface area contributed by atoms with E-state index in [1.165, 1.54) is 12.1 Å². The number of nitrogens with zero attached hydrogens (tertiary/aromatic N) is 1. The first kappa shape index (κ1) is 17.2. The Bertz CT molecular complexity index is 516. The highest BCUT2D eigenvalue weighted by Crippen LogP contribution is 2.38. The minimum Gasteiger partial charge on any atom is -0.329 e. The summed E-state index contributed by atoms with van der Waals surface area (Å²) in [5.74, 6) is -0.486. The SMILES string of the molecule is CC(C)(C)N1C(=O)C[C@H](N)[C@H]1c1ccc(Cl)c(F)c1.Cl. The molecule has 3 nitrogen and oxygen atoms in total. The molecule has 20 heavy (non-hydrogen) atoms. The maximum atomic E-state index is 13.6. The topological polar surface area (TPSA) is 46.3 Å². The summed E-state index contributed by atoms with van der Waals surface area (Å²) < 4.78 is 13.6. The molecule has 0 bridgehead atoms. The van der Waals surface area contributed by atoms with Gasteiger partial charge >= 0.3 is 0 Å². The molecule has 0 radical (unpaired) electrons. The third-order valence-corrected chi connectivity index (χ3v) is 3.68. The summed E-state index contributed by atoms with van der Waals surface area (Å²) in [6, 6.07) is 3.96. The van der Waals surface area contributed by atoms with Gasteiger partial charge in [0.2, 0.25) is 5.91 Å². The number of carbonyl (C=O) groups excluding carboxylic acids is 1. The van der Waals surface area contributed by atoms with E-state index in [0.717, 1.165) is 0 Å². The van der Waals surface area contributed by atoms with Gasteiger partial charge in [-0.2, -0.15) is 0 Å². The summed E-state index contributed by atoms with van der Waals surface area (Å²) in [7, 11) is 0. The number of nitrogens with two attached hydrogens (primary N) is 1. The second-order valence-electron chi connectivity index (χ2n) is 5.92. The van der Waals surface area contributed by atoms with Crippen LogP contribution in [0.5, 0.6) is 0 Å². The third kappa shape index (κ3) is 3.08. The van der Waals surface area contributed by atoms with Gasteiger partial charge < -0.3 is 10.6 Å². The Labute approximate surface area is 129 Å². The predicted molar refractivity (Wildman–Crippen MR) is 80.6 cm³/mol. The summed E-state index contributed by atoms with van der Waals surface area (Å²) in [5.41, 5.74) is 6.39. The molecule has 1 aromatic carbocycles. The summed E-state index contributed by atoms with van der Waals surface area (Å²) in [6.07, 6.45) is 0.284. The van der Waals surface area contributed by atoms with Crippen LogP contribution in [0.4, 0.5) is 4.39 Å². The van der Waals surface area contributed by atoms with Crippen LogP contribution in [-0.4, -0.2) is 22.4 Å². The van der Waals surface area contributed by atoms with Crippen LogP contribution in [0.15, 0.2) is 18.2 Å².